The van der Waals surface area contributed by atoms with Gasteiger partial charge in [-0.05, 0) is 47.1 Å². The number of rotatable bonds is 3. The number of hydrogen-bond donors (Lipinski definition) is 0. The third-order valence-corrected chi connectivity index (χ3v) is 6.59. The highest BCUT2D eigenvalue weighted by Crippen LogP contribution is 2.37. The molecule has 2 aromatic carbocycles. The van der Waals surface area contributed by atoms with Gasteiger partial charge in [0.25, 0.3) is 0 Å². The second kappa shape index (κ2) is 5.99. The summed E-state index contributed by atoms with van der Waals surface area (Å²) < 4.78 is 7.53. The molecule has 0 amide bonds. The average Bonchev–Trinajstić information content (AvgIpc) is 3.18. The molecule has 0 unspecified atom stereocenters. The van der Waals surface area contributed by atoms with Crippen LogP contribution in [0.25, 0.3) is 21.1 Å². The lowest BCUT2D eigenvalue weighted by Gasteiger charge is -2.22. The summed E-state index contributed by atoms with van der Waals surface area (Å²) in [4.78, 5) is 1.45. The van der Waals surface area contributed by atoms with Crippen molar-refractivity contribution in [3.8, 4) is 0 Å². The zero-order valence-electron chi connectivity index (χ0n) is 16.2. The van der Waals surface area contributed by atoms with Crippen molar-refractivity contribution < 1.29 is 4.42 Å². The van der Waals surface area contributed by atoms with Crippen LogP contribution in [0, 0.1) is 0 Å². The number of thiophene rings is 1. The maximum atomic E-state index is 6.14. The van der Waals surface area contributed by atoms with Crippen molar-refractivity contribution in [2.75, 3.05) is 0 Å². The first-order valence-electron chi connectivity index (χ1n) is 9.24. The highest BCUT2D eigenvalue weighted by molar-refractivity contribution is 7.19. The second-order valence-electron chi connectivity index (χ2n) is 8.94. The van der Waals surface area contributed by atoms with Gasteiger partial charge in [-0.3, -0.25) is 0 Å². The molecule has 0 saturated heterocycles. The van der Waals surface area contributed by atoms with Crippen molar-refractivity contribution in [3.05, 3.63) is 70.8 Å². The van der Waals surface area contributed by atoms with Crippen LogP contribution in [0.5, 0.6) is 0 Å². The van der Waals surface area contributed by atoms with E-state index in [1.54, 1.807) is 0 Å². The van der Waals surface area contributed by atoms with E-state index in [0.29, 0.717) is 0 Å². The molecule has 0 fully saturated rings. The van der Waals surface area contributed by atoms with Crippen LogP contribution in [0.15, 0.2) is 59.0 Å². The first-order valence-corrected chi connectivity index (χ1v) is 10.1. The minimum absolute atomic E-state index is 0.0448. The maximum Gasteiger partial charge on any atom is 0.134 e. The molecule has 0 saturated carbocycles. The fraction of sp³-hybridized carbons (Fsp3) is 0.333. The molecular weight excluding hydrogens is 336 g/mol. The van der Waals surface area contributed by atoms with E-state index >= 15 is 0 Å². The normalized spacial score (nSPS) is 13.0. The number of para-hydroxylation sites is 1. The van der Waals surface area contributed by atoms with Crippen LogP contribution < -0.4 is 0 Å². The van der Waals surface area contributed by atoms with Crippen molar-refractivity contribution in [3.63, 3.8) is 0 Å². The molecule has 0 atom stereocenters. The fourth-order valence-corrected chi connectivity index (χ4v) is 4.65. The Morgan fingerprint density at radius 1 is 0.846 bits per heavy atom. The monoisotopic (exact) mass is 362 g/mol. The Hall–Kier alpha value is -2.06. The second-order valence-corrected chi connectivity index (χ2v) is 10.0. The van der Waals surface area contributed by atoms with Gasteiger partial charge in [0.2, 0.25) is 0 Å². The van der Waals surface area contributed by atoms with Gasteiger partial charge in [-0.2, -0.15) is 0 Å². The zero-order chi connectivity index (χ0) is 18.5. The van der Waals surface area contributed by atoms with Gasteiger partial charge >= 0.3 is 0 Å². The summed E-state index contributed by atoms with van der Waals surface area (Å²) in [6, 6.07) is 19.7. The summed E-state index contributed by atoms with van der Waals surface area (Å²) in [6.45, 7) is 11.4. The van der Waals surface area contributed by atoms with Crippen LogP contribution in [0.3, 0.4) is 0 Å². The molecule has 1 nitrogen and oxygen atoms in total. The van der Waals surface area contributed by atoms with Gasteiger partial charge in [0, 0.05) is 20.4 Å². The Morgan fingerprint density at radius 2 is 1.62 bits per heavy atom. The summed E-state index contributed by atoms with van der Waals surface area (Å²) in [5.41, 5.74) is 2.50. The van der Waals surface area contributed by atoms with E-state index in [-0.39, 0.29) is 10.8 Å². The predicted octanol–water partition coefficient (Wildman–Crippen LogP) is 7.47. The maximum absolute atomic E-state index is 6.14. The molecule has 0 spiro atoms. The quantitative estimate of drug-likeness (QED) is 0.368. The minimum Gasteiger partial charge on any atom is -0.460 e. The zero-order valence-corrected chi connectivity index (χ0v) is 17.0. The highest BCUT2D eigenvalue weighted by Gasteiger charge is 2.26. The fourth-order valence-electron chi connectivity index (χ4n) is 3.47. The molecule has 2 aromatic heterocycles. The number of benzene rings is 2. The third-order valence-electron chi connectivity index (χ3n) is 5.06. The van der Waals surface area contributed by atoms with Crippen LogP contribution in [0.2, 0.25) is 0 Å². The Kier molecular flexibility index (Phi) is 4.00. The molecule has 0 aliphatic heterocycles. The molecule has 2 heterocycles. The van der Waals surface area contributed by atoms with Gasteiger partial charge in [0.05, 0.1) is 0 Å². The summed E-state index contributed by atoms with van der Waals surface area (Å²) >= 11 is 1.92. The first kappa shape index (κ1) is 17.4. The number of hydrogen-bond acceptors (Lipinski definition) is 2. The Labute approximate surface area is 159 Å². The molecule has 4 rings (SSSR count). The Balaban J connectivity index is 1.66. The SMILES string of the molecule is CC(C)(C)c1cc2ccc(CC(C)(C)c3cc4ccccc4o3)cc2s1. The van der Waals surface area contributed by atoms with Crippen LogP contribution in [0.1, 0.15) is 50.8 Å². The van der Waals surface area contributed by atoms with Gasteiger partial charge < -0.3 is 4.42 Å². The van der Waals surface area contributed by atoms with E-state index in [1.807, 2.05) is 23.5 Å². The molecule has 4 aromatic rings. The van der Waals surface area contributed by atoms with E-state index in [1.165, 1.54) is 25.9 Å². The van der Waals surface area contributed by atoms with Crippen molar-refractivity contribution in [2.24, 2.45) is 0 Å². The van der Waals surface area contributed by atoms with Crippen molar-refractivity contribution in [1.29, 1.82) is 0 Å². The third kappa shape index (κ3) is 3.19. The van der Waals surface area contributed by atoms with Gasteiger partial charge in [0.15, 0.2) is 0 Å². The topological polar surface area (TPSA) is 13.1 Å². The molecule has 134 valence electrons. The van der Waals surface area contributed by atoms with E-state index < -0.39 is 0 Å². The van der Waals surface area contributed by atoms with Gasteiger partial charge in [-0.1, -0.05) is 65.0 Å². The van der Waals surface area contributed by atoms with E-state index in [9.17, 15) is 0 Å². The summed E-state index contributed by atoms with van der Waals surface area (Å²) in [5, 5.41) is 2.53. The molecular formula is C24H26OS. The summed E-state index contributed by atoms with van der Waals surface area (Å²) in [6.07, 6.45) is 0.964. The standard InChI is InChI=1S/C24H26OS/c1-23(2,3)22-14-18-11-10-16(12-20(18)26-22)15-24(4,5)21-13-17-8-6-7-9-19(17)25-21/h6-14H,15H2,1-5H3. The van der Waals surface area contributed by atoms with E-state index in [4.69, 9.17) is 4.42 Å². The molecule has 0 aliphatic rings. The van der Waals surface area contributed by atoms with E-state index in [0.717, 1.165) is 17.8 Å². The van der Waals surface area contributed by atoms with Gasteiger partial charge in [-0.15, -0.1) is 11.3 Å². The average molecular weight is 363 g/mol. The molecule has 0 radical (unpaired) electrons. The summed E-state index contributed by atoms with van der Waals surface area (Å²) in [5.74, 6) is 1.06. The molecule has 0 aliphatic carbocycles. The van der Waals surface area contributed by atoms with Crippen LogP contribution in [-0.4, -0.2) is 0 Å². The summed E-state index contributed by atoms with van der Waals surface area (Å²) in [7, 11) is 0. The van der Waals surface area contributed by atoms with Crippen LogP contribution >= 0.6 is 11.3 Å². The Morgan fingerprint density at radius 3 is 2.35 bits per heavy atom. The minimum atomic E-state index is -0.0448. The van der Waals surface area contributed by atoms with Gasteiger partial charge in [0.1, 0.15) is 11.3 Å². The lowest BCUT2D eigenvalue weighted by molar-refractivity contribution is 0.399. The largest absolute Gasteiger partial charge is 0.460 e. The number of fused-ring (bicyclic) bond motifs is 2. The lowest BCUT2D eigenvalue weighted by atomic mass is 9.83. The molecule has 0 N–H and O–H groups in total. The number of furan rings is 1. The molecule has 0 bridgehead atoms. The van der Waals surface area contributed by atoms with Gasteiger partial charge in [-0.25, -0.2) is 0 Å². The Bertz CT molecular complexity index is 1040. The predicted molar refractivity (Wildman–Crippen MR) is 113 cm³/mol. The molecule has 26 heavy (non-hydrogen) atoms. The van der Waals surface area contributed by atoms with Crippen molar-refractivity contribution >= 4 is 32.4 Å². The van der Waals surface area contributed by atoms with Crippen molar-refractivity contribution in [2.45, 2.75) is 51.9 Å². The molecule has 2 heteroatoms. The van der Waals surface area contributed by atoms with E-state index in [2.05, 4.69) is 77.1 Å². The lowest BCUT2D eigenvalue weighted by Crippen LogP contribution is -2.19. The highest BCUT2D eigenvalue weighted by atomic mass is 32.1. The smallest absolute Gasteiger partial charge is 0.134 e. The van der Waals surface area contributed by atoms with Crippen LogP contribution in [0.4, 0.5) is 0 Å². The first-order chi connectivity index (χ1) is 12.2. The van der Waals surface area contributed by atoms with Crippen molar-refractivity contribution in [1.82, 2.24) is 0 Å². The van der Waals surface area contributed by atoms with Crippen LogP contribution in [-0.2, 0) is 17.3 Å².